The third-order valence-corrected chi connectivity index (χ3v) is 5.10. The quantitative estimate of drug-likeness (QED) is 0.817. The summed E-state index contributed by atoms with van der Waals surface area (Å²) in [4.78, 5) is 9.05. The van der Waals surface area contributed by atoms with Crippen LogP contribution in [0, 0.1) is 13.8 Å². The highest BCUT2D eigenvalue weighted by Gasteiger charge is 2.20. The predicted octanol–water partition coefficient (Wildman–Crippen LogP) is 1.01. The van der Waals surface area contributed by atoms with Crippen LogP contribution in [0.5, 0.6) is 0 Å². The molecule has 0 amide bonds. The number of aliphatic hydroxyl groups is 2. The zero-order chi connectivity index (χ0) is 18.0. The monoisotopic (exact) mass is 346 g/mol. The summed E-state index contributed by atoms with van der Waals surface area (Å²) >= 11 is 0. The van der Waals surface area contributed by atoms with Crippen LogP contribution >= 0.6 is 0 Å². The predicted molar refractivity (Wildman–Crippen MR) is 99.8 cm³/mol. The average Bonchev–Trinajstić information content (AvgIpc) is 2.91. The lowest BCUT2D eigenvalue weighted by atomic mass is 10.1. The number of benzene rings is 1. The van der Waals surface area contributed by atoms with E-state index in [1.54, 1.807) is 0 Å². The Labute approximate surface area is 149 Å². The Bertz CT molecular complexity index is 705. The highest BCUT2D eigenvalue weighted by Crippen LogP contribution is 2.19. The van der Waals surface area contributed by atoms with Crippen molar-refractivity contribution in [1.29, 1.82) is 0 Å². The van der Waals surface area contributed by atoms with E-state index in [1.165, 1.54) is 11.1 Å². The second-order valence-electron chi connectivity index (χ2n) is 7.43. The molecule has 2 unspecified atom stereocenters. The summed E-state index contributed by atoms with van der Waals surface area (Å²) < 4.78 is 2.05. The Kier molecular flexibility index (Phi) is 5.74. The maximum absolute atomic E-state index is 10.5. The molecule has 2 N–H and O–H groups in total. The van der Waals surface area contributed by atoms with Crippen LogP contribution in [0.25, 0.3) is 11.0 Å². The van der Waals surface area contributed by atoms with Crippen LogP contribution in [0.15, 0.2) is 18.5 Å². The fourth-order valence-corrected chi connectivity index (χ4v) is 3.57. The van der Waals surface area contributed by atoms with Crippen molar-refractivity contribution in [1.82, 2.24) is 19.4 Å². The first-order valence-electron chi connectivity index (χ1n) is 9.15. The molecule has 1 aromatic heterocycles. The number of piperazine rings is 1. The Morgan fingerprint density at radius 3 is 2.20 bits per heavy atom. The molecule has 0 radical (unpaired) electrons. The SMILES string of the molecule is Cc1cc2ncn(CC(O)CN3CCN(CC(C)O)CC3)c2cc1C. The molecule has 0 aliphatic carbocycles. The topological polar surface area (TPSA) is 64.8 Å². The number of fused-ring (bicyclic) bond motifs is 1. The Balaban J connectivity index is 1.55. The van der Waals surface area contributed by atoms with Gasteiger partial charge in [0, 0.05) is 39.3 Å². The van der Waals surface area contributed by atoms with Gasteiger partial charge in [0.05, 0.1) is 36.1 Å². The van der Waals surface area contributed by atoms with Crippen molar-refractivity contribution in [2.75, 3.05) is 39.3 Å². The van der Waals surface area contributed by atoms with Crippen LogP contribution in [0.2, 0.25) is 0 Å². The van der Waals surface area contributed by atoms with Gasteiger partial charge in [-0.15, -0.1) is 0 Å². The summed E-state index contributed by atoms with van der Waals surface area (Å²) in [6, 6.07) is 4.26. The molecule has 1 aromatic carbocycles. The first kappa shape index (κ1) is 18.3. The molecule has 1 aliphatic heterocycles. The normalized spacial score (nSPS) is 19.4. The molecule has 0 saturated carbocycles. The van der Waals surface area contributed by atoms with Gasteiger partial charge in [-0.1, -0.05) is 0 Å². The fourth-order valence-electron chi connectivity index (χ4n) is 3.57. The van der Waals surface area contributed by atoms with Gasteiger partial charge in [0.2, 0.25) is 0 Å². The number of aromatic nitrogens is 2. The zero-order valence-corrected chi connectivity index (χ0v) is 15.5. The van der Waals surface area contributed by atoms with Crippen LogP contribution < -0.4 is 0 Å². The molecule has 0 bridgehead atoms. The van der Waals surface area contributed by atoms with Crippen LogP contribution in [0.4, 0.5) is 0 Å². The molecule has 0 spiro atoms. The van der Waals surface area contributed by atoms with Crippen LogP contribution in [-0.4, -0.2) is 81.0 Å². The smallest absolute Gasteiger partial charge is 0.0959 e. The van der Waals surface area contributed by atoms with Crippen molar-refractivity contribution in [2.45, 2.75) is 39.5 Å². The van der Waals surface area contributed by atoms with Gasteiger partial charge in [0.1, 0.15) is 0 Å². The van der Waals surface area contributed by atoms with E-state index < -0.39 is 6.10 Å². The molecule has 25 heavy (non-hydrogen) atoms. The van der Waals surface area contributed by atoms with Gasteiger partial charge < -0.3 is 14.8 Å². The standard InChI is InChI=1S/C19H30N4O2/c1-14-8-18-19(9-15(14)2)23(13-20-18)12-17(25)11-22-6-4-21(5-7-22)10-16(3)24/h8-9,13,16-17,24-25H,4-7,10-12H2,1-3H3. The van der Waals surface area contributed by atoms with E-state index >= 15 is 0 Å². The fraction of sp³-hybridized carbons (Fsp3) is 0.632. The van der Waals surface area contributed by atoms with Crippen LogP contribution in [0.3, 0.4) is 0 Å². The minimum absolute atomic E-state index is 0.279. The van der Waals surface area contributed by atoms with Gasteiger partial charge in [-0.05, 0) is 44.0 Å². The Hall–Kier alpha value is -1.47. The second kappa shape index (κ2) is 7.83. The maximum Gasteiger partial charge on any atom is 0.0959 e. The molecule has 3 rings (SSSR count). The van der Waals surface area contributed by atoms with E-state index in [0.717, 1.165) is 43.8 Å². The Morgan fingerprint density at radius 2 is 1.56 bits per heavy atom. The highest BCUT2D eigenvalue weighted by atomic mass is 16.3. The number of β-amino-alcohol motifs (C(OH)–C–C–N with tert-alkyl or cyclic N) is 2. The van der Waals surface area contributed by atoms with Crippen molar-refractivity contribution in [3.63, 3.8) is 0 Å². The van der Waals surface area contributed by atoms with Gasteiger partial charge in [-0.25, -0.2) is 4.98 Å². The van der Waals surface area contributed by atoms with Crippen molar-refractivity contribution in [2.24, 2.45) is 0 Å². The van der Waals surface area contributed by atoms with Crippen molar-refractivity contribution in [3.8, 4) is 0 Å². The average molecular weight is 346 g/mol. The van der Waals surface area contributed by atoms with Gasteiger partial charge in [-0.2, -0.15) is 0 Å². The number of hydrogen-bond donors (Lipinski definition) is 2. The summed E-state index contributed by atoms with van der Waals surface area (Å²) in [7, 11) is 0. The molecule has 6 heteroatoms. The lowest BCUT2D eigenvalue weighted by molar-refractivity contribution is 0.0481. The summed E-state index contributed by atoms with van der Waals surface area (Å²) in [6.45, 7) is 11.8. The summed E-state index contributed by atoms with van der Waals surface area (Å²) in [5, 5.41) is 20.0. The lowest BCUT2D eigenvalue weighted by Crippen LogP contribution is -2.50. The van der Waals surface area contributed by atoms with E-state index in [-0.39, 0.29) is 6.10 Å². The van der Waals surface area contributed by atoms with E-state index in [1.807, 2.05) is 13.3 Å². The first-order chi connectivity index (χ1) is 11.9. The molecule has 1 aliphatic rings. The molecule has 1 saturated heterocycles. The highest BCUT2D eigenvalue weighted by molar-refractivity contribution is 5.77. The third-order valence-electron chi connectivity index (χ3n) is 5.10. The molecule has 6 nitrogen and oxygen atoms in total. The molecule has 2 aromatic rings. The van der Waals surface area contributed by atoms with Gasteiger partial charge in [0.25, 0.3) is 0 Å². The van der Waals surface area contributed by atoms with E-state index in [0.29, 0.717) is 13.1 Å². The third kappa shape index (κ3) is 4.58. The van der Waals surface area contributed by atoms with Crippen LogP contribution in [0.1, 0.15) is 18.1 Å². The van der Waals surface area contributed by atoms with Gasteiger partial charge in [-0.3, -0.25) is 9.80 Å². The number of aliphatic hydroxyl groups excluding tert-OH is 2. The minimum Gasteiger partial charge on any atom is -0.392 e. The molecule has 138 valence electrons. The summed E-state index contributed by atoms with van der Waals surface area (Å²) in [5.74, 6) is 0. The van der Waals surface area contributed by atoms with Crippen LogP contribution in [-0.2, 0) is 6.54 Å². The Morgan fingerprint density at radius 1 is 0.960 bits per heavy atom. The second-order valence-corrected chi connectivity index (χ2v) is 7.43. The molecule has 2 atom stereocenters. The number of imidazole rings is 1. The van der Waals surface area contributed by atoms with E-state index in [2.05, 4.69) is 45.3 Å². The number of hydrogen-bond acceptors (Lipinski definition) is 5. The molecule has 2 heterocycles. The number of aryl methyl sites for hydroxylation is 2. The minimum atomic E-state index is -0.415. The van der Waals surface area contributed by atoms with Crippen molar-refractivity contribution in [3.05, 3.63) is 29.6 Å². The number of rotatable bonds is 6. The van der Waals surface area contributed by atoms with Crippen molar-refractivity contribution < 1.29 is 10.2 Å². The van der Waals surface area contributed by atoms with Gasteiger partial charge in [0.15, 0.2) is 0 Å². The molecule has 1 fully saturated rings. The lowest BCUT2D eigenvalue weighted by Gasteiger charge is -2.36. The van der Waals surface area contributed by atoms with E-state index in [4.69, 9.17) is 0 Å². The largest absolute Gasteiger partial charge is 0.392 e. The zero-order valence-electron chi connectivity index (χ0n) is 15.5. The summed E-state index contributed by atoms with van der Waals surface area (Å²) in [6.07, 6.45) is 1.13. The number of nitrogens with zero attached hydrogens (tertiary/aromatic N) is 4. The van der Waals surface area contributed by atoms with Gasteiger partial charge >= 0.3 is 0 Å². The van der Waals surface area contributed by atoms with E-state index in [9.17, 15) is 10.2 Å². The van der Waals surface area contributed by atoms with Crippen molar-refractivity contribution >= 4 is 11.0 Å². The first-order valence-corrected chi connectivity index (χ1v) is 9.15. The molecular formula is C19H30N4O2. The maximum atomic E-state index is 10.5. The molecular weight excluding hydrogens is 316 g/mol. The summed E-state index contributed by atoms with van der Waals surface area (Å²) in [5.41, 5.74) is 4.57.